The van der Waals surface area contributed by atoms with Crippen LogP contribution in [0.4, 0.5) is 0 Å². The Hall–Kier alpha value is -6.59. The molecule has 0 atom stereocenters. The third kappa shape index (κ3) is 4.01. The first-order valence-corrected chi connectivity index (χ1v) is 16.0. The van der Waals surface area contributed by atoms with Crippen LogP contribution in [-0.4, -0.2) is 19.5 Å². The minimum atomic E-state index is 0.620. The number of para-hydroxylation sites is 2. The normalized spacial score (nSPS) is 11.8. The van der Waals surface area contributed by atoms with Gasteiger partial charge in [-0.05, 0) is 29.7 Å². The molecule has 48 heavy (non-hydrogen) atoms. The molecule has 3 aromatic heterocycles. The lowest BCUT2D eigenvalue weighted by Gasteiger charge is -2.12. The van der Waals surface area contributed by atoms with E-state index < -0.39 is 0 Å². The van der Waals surface area contributed by atoms with Crippen molar-refractivity contribution < 1.29 is 4.42 Å². The molecule has 0 N–H and O–H groups in total. The third-order valence-electron chi connectivity index (χ3n) is 9.21. The summed E-state index contributed by atoms with van der Waals surface area (Å²) in [6, 6.07) is 54.3. The van der Waals surface area contributed by atoms with Gasteiger partial charge in [-0.3, -0.25) is 0 Å². The molecule has 5 nitrogen and oxygen atoms in total. The summed E-state index contributed by atoms with van der Waals surface area (Å²) in [4.78, 5) is 14.9. The fourth-order valence-corrected chi connectivity index (χ4v) is 7.11. The molecule has 0 aliphatic rings. The Kier molecular flexibility index (Phi) is 5.81. The van der Waals surface area contributed by atoms with Crippen LogP contribution in [0.15, 0.2) is 162 Å². The van der Waals surface area contributed by atoms with Gasteiger partial charge in [-0.15, -0.1) is 0 Å². The van der Waals surface area contributed by atoms with E-state index in [1.807, 2.05) is 66.7 Å². The van der Waals surface area contributed by atoms with Gasteiger partial charge in [0.1, 0.15) is 11.2 Å². The summed E-state index contributed by atoms with van der Waals surface area (Å²) in [6.07, 6.45) is 0. The molecule has 0 bridgehead atoms. The van der Waals surface area contributed by atoms with Crippen molar-refractivity contribution in [3.63, 3.8) is 0 Å². The van der Waals surface area contributed by atoms with Crippen LogP contribution in [0.3, 0.4) is 0 Å². The molecule has 3 heterocycles. The highest BCUT2D eigenvalue weighted by Gasteiger charge is 2.23. The zero-order valence-corrected chi connectivity index (χ0v) is 25.7. The molecule has 5 heteroatoms. The largest absolute Gasteiger partial charge is 0.455 e. The highest BCUT2D eigenvalue weighted by Crippen LogP contribution is 2.45. The molecule has 0 fully saturated rings. The summed E-state index contributed by atoms with van der Waals surface area (Å²) >= 11 is 0. The van der Waals surface area contributed by atoms with Crippen molar-refractivity contribution in [2.45, 2.75) is 0 Å². The van der Waals surface area contributed by atoms with Crippen molar-refractivity contribution in [3.8, 4) is 39.9 Å². The van der Waals surface area contributed by atoms with Crippen LogP contribution in [0.2, 0.25) is 0 Å². The lowest BCUT2D eigenvalue weighted by atomic mass is 9.99. The summed E-state index contributed by atoms with van der Waals surface area (Å²) in [5, 5.41) is 6.89. The number of nitrogens with zero attached hydrogens (tertiary/aromatic N) is 4. The minimum absolute atomic E-state index is 0.620. The molecule has 0 amide bonds. The van der Waals surface area contributed by atoms with Crippen LogP contribution in [0.5, 0.6) is 0 Å². The molecule has 7 aromatic carbocycles. The van der Waals surface area contributed by atoms with Crippen molar-refractivity contribution in [2.75, 3.05) is 0 Å². The standard InChI is InChI=1S/C43H26N4O/c1-3-14-27(15-4-1)41-44-42(28-16-5-2-6-17-28)46-43(45-41)29-18-13-19-30(26-29)47-35-24-11-9-22-33(35)37-31-20-7-8-21-32(31)40-38(39(37)47)34-23-10-12-25-36(34)48-40/h1-26H. The van der Waals surface area contributed by atoms with Crippen LogP contribution in [-0.2, 0) is 0 Å². The van der Waals surface area contributed by atoms with E-state index in [0.29, 0.717) is 17.5 Å². The number of hydrogen-bond acceptors (Lipinski definition) is 4. The van der Waals surface area contributed by atoms with E-state index in [4.69, 9.17) is 19.4 Å². The topological polar surface area (TPSA) is 56.7 Å². The van der Waals surface area contributed by atoms with Gasteiger partial charge in [-0.1, -0.05) is 133 Å². The summed E-state index contributed by atoms with van der Waals surface area (Å²) < 4.78 is 9.00. The highest BCUT2D eigenvalue weighted by molar-refractivity contribution is 6.35. The number of rotatable bonds is 4. The molecular weight excluding hydrogens is 589 g/mol. The quantitative estimate of drug-likeness (QED) is 0.198. The maximum absolute atomic E-state index is 6.62. The van der Waals surface area contributed by atoms with E-state index in [1.54, 1.807) is 0 Å². The molecule has 0 saturated heterocycles. The SMILES string of the molecule is c1ccc(-c2nc(-c3ccccc3)nc(-c3cccc(-n4c5ccccc5c5c6ccccc6c6oc7ccccc7c6c54)c3)n2)cc1. The van der Waals surface area contributed by atoms with Gasteiger partial charge in [0.25, 0.3) is 0 Å². The lowest BCUT2D eigenvalue weighted by Crippen LogP contribution is -2.01. The van der Waals surface area contributed by atoms with Gasteiger partial charge >= 0.3 is 0 Å². The second kappa shape index (κ2) is 10.5. The van der Waals surface area contributed by atoms with Crippen LogP contribution in [0, 0.1) is 0 Å². The Bertz CT molecular complexity index is 2780. The van der Waals surface area contributed by atoms with Gasteiger partial charge in [0, 0.05) is 43.9 Å². The predicted molar refractivity (Wildman–Crippen MR) is 195 cm³/mol. The number of aromatic nitrogens is 4. The molecule has 10 aromatic rings. The van der Waals surface area contributed by atoms with Crippen LogP contribution in [0.25, 0.3) is 94.4 Å². The number of benzene rings is 7. The van der Waals surface area contributed by atoms with Gasteiger partial charge in [0.2, 0.25) is 0 Å². The van der Waals surface area contributed by atoms with E-state index in [0.717, 1.165) is 60.7 Å². The minimum Gasteiger partial charge on any atom is -0.455 e. The molecular formula is C43H26N4O. The van der Waals surface area contributed by atoms with Crippen molar-refractivity contribution in [3.05, 3.63) is 158 Å². The second-order valence-electron chi connectivity index (χ2n) is 12.0. The van der Waals surface area contributed by atoms with Crippen molar-refractivity contribution in [1.29, 1.82) is 0 Å². The number of hydrogen-bond donors (Lipinski definition) is 0. The van der Waals surface area contributed by atoms with Crippen molar-refractivity contribution in [2.24, 2.45) is 0 Å². The third-order valence-corrected chi connectivity index (χ3v) is 9.21. The molecule has 10 rings (SSSR count). The van der Waals surface area contributed by atoms with Gasteiger partial charge < -0.3 is 8.98 Å². The van der Waals surface area contributed by atoms with E-state index in [9.17, 15) is 0 Å². The van der Waals surface area contributed by atoms with Crippen LogP contribution in [0.1, 0.15) is 0 Å². The van der Waals surface area contributed by atoms with E-state index in [2.05, 4.69) is 95.6 Å². The lowest BCUT2D eigenvalue weighted by molar-refractivity contribution is 0.673. The smallest absolute Gasteiger partial charge is 0.164 e. The monoisotopic (exact) mass is 614 g/mol. The Morgan fingerprint density at radius 2 is 0.958 bits per heavy atom. The molecule has 0 aliphatic heterocycles. The maximum Gasteiger partial charge on any atom is 0.164 e. The van der Waals surface area contributed by atoms with E-state index in [-0.39, 0.29) is 0 Å². The number of fused-ring (bicyclic) bond motifs is 10. The first-order chi connectivity index (χ1) is 23.8. The first kappa shape index (κ1) is 26.6. The summed E-state index contributed by atoms with van der Waals surface area (Å²) in [6.45, 7) is 0. The van der Waals surface area contributed by atoms with E-state index >= 15 is 0 Å². The summed E-state index contributed by atoms with van der Waals surface area (Å²) in [5.41, 5.74) is 7.83. The Morgan fingerprint density at radius 3 is 1.67 bits per heavy atom. The summed E-state index contributed by atoms with van der Waals surface area (Å²) in [5.74, 6) is 1.90. The van der Waals surface area contributed by atoms with E-state index in [1.165, 1.54) is 16.2 Å². The molecule has 0 unspecified atom stereocenters. The van der Waals surface area contributed by atoms with Crippen molar-refractivity contribution in [1.82, 2.24) is 19.5 Å². The Balaban J connectivity index is 1.28. The molecule has 0 spiro atoms. The van der Waals surface area contributed by atoms with Gasteiger partial charge in [-0.25, -0.2) is 15.0 Å². The number of furan rings is 1. The zero-order valence-electron chi connectivity index (χ0n) is 25.7. The fourth-order valence-electron chi connectivity index (χ4n) is 7.11. The predicted octanol–water partition coefficient (Wildman–Crippen LogP) is 11.0. The molecule has 224 valence electrons. The Labute approximate surface area is 275 Å². The second-order valence-corrected chi connectivity index (χ2v) is 12.0. The van der Waals surface area contributed by atoms with Gasteiger partial charge in [0.15, 0.2) is 17.5 Å². The highest BCUT2D eigenvalue weighted by atomic mass is 16.3. The fraction of sp³-hybridized carbons (Fsp3) is 0. The summed E-state index contributed by atoms with van der Waals surface area (Å²) in [7, 11) is 0. The maximum atomic E-state index is 6.62. The zero-order chi connectivity index (χ0) is 31.6. The first-order valence-electron chi connectivity index (χ1n) is 16.0. The van der Waals surface area contributed by atoms with Crippen molar-refractivity contribution >= 4 is 54.5 Å². The average molecular weight is 615 g/mol. The van der Waals surface area contributed by atoms with Gasteiger partial charge in [0.05, 0.1) is 16.4 Å². The average Bonchev–Trinajstić information content (AvgIpc) is 3.72. The molecule has 0 radical (unpaired) electrons. The Morgan fingerprint density at radius 1 is 0.417 bits per heavy atom. The molecule has 0 aliphatic carbocycles. The van der Waals surface area contributed by atoms with Gasteiger partial charge in [-0.2, -0.15) is 0 Å². The molecule has 0 saturated carbocycles. The van der Waals surface area contributed by atoms with Crippen LogP contribution >= 0.6 is 0 Å². The van der Waals surface area contributed by atoms with Crippen LogP contribution < -0.4 is 0 Å².